The lowest BCUT2D eigenvalue weighted by atomic mass is 9.51. The Bertz CT molecular complexity index is 1010. The van der Waals surface area contributed by atoms with Gasteiger partial charge in [0, 0.05) is 6.42 Å². The van der Waals surface area contributed by atoms with E-state index in [0.717, 1.165) is 17.7 Å². The molecule has 0 N–H and O–H groups in total. The van der Waals surface area contributed by atoms with Crippen molar-refractivity contribution in [3.05, 3.63) is 35.7 Å². The normalized spacial score (nSPS) is 29.8. The molecule has 1 aromatic heterocycles. The SMILES string of the molecule is CC1(C)OB(c2ccc(C34CCC(Cc5nnnn5CCC#N)(CC3)CC4)cc2)OC1(C)C. The van der Waals surface area contributed by atoms with E-state index < -0.39 is 0 Å². The van der Waals surface area contributed by atoms with Gasteiger partial charge >= 0.3 is 7.12 Å². The van der Waals surface area contributed by atoms with Gasteiger partial charge in [-0.3, -0.25) is 0 Å². The van der Waals surface area contributed by atoms with Gasteiger partial charge in [0.2, 0.25) is 0 Å². The molecule has 2 aromatic rings. The second-order valence-corrected chi connectivity index (χ2v) is 11.4. The van der Waals surface area contributed by atoms with Crippen LogP contribution in [0.25, 0.3) is 0 Å². The first-order valence-electron chi connectivity index (χ1n) is 12.3. The Morgan fingerprint density at radius 3 is 2.15 bits per heavy atom. The molecule has 174 valence electrons. The van der Waals surface area contributed by atoms with Crippen LogP contribution in [0.3, 0.4) is 0 Å². The van der Waals surface area contributed by atoms with Crippen LogP contribution in [0, 0.1) is 16.7 Å². The van der Waals surface area contributed by atoms with Gasteiger partial charge in [0.05, 0.1) is 30.2 Å². The fraction of sp³-hybridized carbons (Fsp3) is 0.680. The number of hydrogen-bond donors (Lipinski definition) is 0. The predicted molar refractivity (Wildman–Crippen MR) is 126 cm³/mol. The molecule has 3 saturated carbocycles. The molecular formula is C25H34BN5O2. The van der Waals surface area contributed by atoms with Gasteiger partial charge in [-0.25, -0.2) is 4.68 Å². The van der Waals surface area contributed by atoms with Crippen LogP contribution in [0.15, 0.2) is 24.3 Å². The number of fused-ring (bicyclic) bond motifs is 3. The molecule has 7 nitrogen and oxygen atoms in total. The van der Waals surface area contributed by atoms with Crippen LogP contribution in [0.2, 0.25) is 0 Å². The molecule has 1 saturated heterocycles. The van der Waals surface area contributed by atoms with Crippen molar-refractivity contribution in [3.8, 4) is 6.07 Å². The van der Waals surface area contributed by atoms with E-state index in [1.165, 1.54) is 44.1 Å². The number of aryl methyl sites for hydroxylation is 1. The minimum absolute atomic E-state index is 0.281. The molecule has 1 aliphatic heterocycles. The van der Waals surface area contributed by atoms with Crippen molar-refractivity contribution in [2.45, 2.75) is 102 Å². The lowest BCUT2D eigenvalue weighted by Crippen LogP contribution is -2.45. The second kappa shape index (κ2) is 7.92. The summed E-state index contributed by atoms with van der Waals surface area (Å²) in [5, 5.41) is 21.2. The standard InChI is InChI=1S/C25H34BN5O2/c1-22(2)23(3,4)33-26(32-22)20-8-6-19(7-9-20)25-13-10-24(11-14-25,12-15-25)18-21-28-29-30-31(21)17-5-16-27/h6-9H,5,10-15,17-18H2,1-4H3. The predicted octanol–water partition coefficient (Wildman–Crippen LogP) is 3.72. The molecule has 8 heteroatoms. The Morgan fingerprint density at radius 2 is 1.58 bits per heavy atom. The zero-order chi connectivity index (χ0) is 23.3. The molecule has 6 rings (SSSR count). The minimum Gasteiger partial charge on any atom is -0.399 e. The highest BCUT2D eigenvalue weighted by Crippen LogP contribution is 2.58. The van der Waals surface area contributed by atoms with Gasteiger partial charge in [0.1, 0.15) is 0 Å². The van der Waals surface area contributed by atoms with Gasteiger partial charge in [-0.15, -0.1) is 5.10 Å². The average Bonchev–Trinajstić information content (AvgIpc) is 3.33. The maximum atomic E-state index is 8.90. The highest BCUT2D eigenvalue weighted by atomic mass is 16.7. The molecule has 0 atom stereocenters. The number of nitriles is 1. The fourth-order valence-corrected chi connectivity index (χ4v) is 5.95. The topological polar surface area (TPSA) is 85.9 Å². The van der Waals surface area contributed by atoms with E-state index in [1.807, 2.05) is 4.68 Å². The summed E-state index contributed by atoms with van der Waals surface area (Å²) < 4.78 is 14.3. The Hall–Kier alpha value is -2.24. The van der Waals surface area contributed by atoms with E-state index in [2.05, 4.69) is 73.6 Å². The molecule has 0 spiro atoms. The molecular weight excluding hydrogens is 413 g/mol. The quantitative estimate of drug-likeness (QED) is 0.628. The van der Waals surface area contributed by atoms with Gasteiger partial charge in [0.15, 0.2) is 5.82 Å². The molecule has 2 heterocycles. The summed E-state index contributed by atoms with van der Waals surface area (Å²) in [6.07, 6.45) is 8.61. The molecule has 4 aliphatic rings. The van der Waals surface area contributed by atoms with Crippen LogP contribution in [0.4, 0.5) is 0 Å². The van der Waals surface area contributed by atoms with Crippen molar-refractivity contribution in [2.75, 3.05) is 0 Å². The first kappa shape index (κ1) is 22.6. The molecule has 0 amide bonds. The summed E-state index contributed by atoms with van der Waals surface area (Å²) in [6, 6.07) is 11.2. The van der Waals surface area contributed by atoms with E-state index in [9.17, 15) is 0 Å². The lowest BCUT2D eigenvalue weighted by molar-refractivity contribution is 0.00578. The maximum Gasteiger partial charge on any atom is 0.494 e. The third-order valence-electron chi connectivity index (χ3n) is 9.02. The van der Waals surface area contributed by atoms with E-state index in [1.54, 1.807) is 0 Å². The first-order chi connectivity index (χ1) is 15.7. The zero-order valence-electron chi connectivity index (χ0n) is 20.3. The third kappa shape index (κ3) is 3.89. The lowest BCUT2D eigenvalue weighted by Gasteiger charge is -2.54. The van der Waals surface area contributed by atoms with Crippen molar-refractivity contribution in [1.82, 2.24) is 20.2 Å². The highest BCUT2D eigenvalue weighted by molar-refractivity contribution is 6.62. The van der Waals surface area contributed by atoms with Gasteiger partial charge in [-0.2, -0.15) is 5.26 Å². The van der Waals surface area contributed by atoms with Gasteiger partial charge in [0.25, 0.3) is 0 Å². The van der Waals surface area contributed by atoms with Crippen LogP contribution in [0.5, 0.6) is 0 Å². The van der Waals surface area contributed by atoms with Crippen molar-refractivity contribution >= 4 is 12.6 Å². The Kier molecular flexibility index (Phi) is 5.41. The summed E-state index contributed by atoms with van der Waals surface area (Å²) in [4.78, 5) is 0. The number of benzene rings is 1. The van der Waals surface area contributed by atoms with Crippen LogP contribution in [-0.4, -0.2) is 38.5 Å². The largest absolute Gasteiger partial charge is 0.494 e. The van der Waals surface area contributed by atoms with Crippen LogP contribution >= 0.6 is 0 Å². The highest BCUT2D eigenvalue weighted by Gasteiger charge is 2.52. The molecule has 0 unspecified atom stereocenters. The molecule has 33 heavy (non-hydrogen) atoms. The van der Waals surface area contributed by atoms with Crippen LogP contribution < -0.4 is 5.46 Å². The monoisotopic (exact) mass is 447 g/mol. The summed E-state index contributed by atoms with van der Waals surface area (Å²) in [6.45, 7) is 8.96. The summed E-state index contributed by atoms with van der Waals surface area (Å²) in [5.41, 5.74) is 2.49. The number of rotatable bonds is 6. The van der Waals surface area contributed by atoms with E-state index in [4.69, 9.17) is 14.6 Å². The van der Waals surface area contributed by atoms with Gasteiger partial charge in [-0.05, 0) is 98.5 Å². The summed E-state index contributed by atoms with van der Waals surface area (Å²) >= 11 is 0. The molecule has 1 aromatic carbocycles. The number of tetrazole rings is 1. The molecule has 2 bridgehead atoms. The van der Waals surface area contributed by atoms with E-state index in [0.29, 0.717) is 18.4 Å². The van der Waals surface area contributed by atoms with Gasteiger partial charge in [-0.1, -0.05) is 24.3 Å². The average molecular weight is 447 g/mol. The number of hydrogen-bond acceptors (Lipinski definition) is 6. The Morgan fingerprint density at radius 1 is 0.970 bits per heavy atom. The maximum absolute atomic E-state index is 8.90. The van der Waals surface area contributed by atoms with Crippen molar-refractivity contribution in [3.63, 3.8) is 0 Å². The van der Waals surface area contributed by atoms with Crippen molar-refractivity contribution in [1.29, 1.82) is 5.26 Å². The van der Waals surface area contributed by atoms with Crippen LogP contribution in [0.1, 0.15) is 84.0 Å². The van der Waals surface area contributed by atoms with E-state index >= 15 is 0 Å². The number of nitrogens with zero attached hydrogens (tertiary/aromatic N) is 5. The number of aromatic nitrogens is 4. The van der Waals surface area contributed by atoms with Crippen LogP contribution in [-0.2, 0) is 27.7 Å². The smallest absolute Gasteiger partial charge is 0.399 e. The summed E-state index contributed by atoms with van der Waals surface area (Å²) in [5.74, 6) is 0.936. The second-order valence-electron chi connectivity index (χ2n) is 11.4. The summed E-state index contributed by atoms with van der Waals surface area (Å²) in [7, 11) is -0.307. The third-order valence-corrected chi connectivity index (χ3v) is 9.02. The first-order valence-corrected chi connectivity index (χ1v) is 12.3. The van der Waals surface area contributed by atoms with Crippen molar-refractivity contribution < 1.29 is 9.31 Å². The molecule has 3 aliphatic carbocycles. The van der Waals surface area contributed by atoms with Crippen molar-refractivity contribution in [2.24, 2.45) is 5.41 Å². The fourth-order valence-electron chi connectivity index (χ4n) is 5.95. The Labute approximate surface area is 197 Å². The zero-order valence-corrected chi connectivity index (χ0v) is 20.3. The van der Waals surface area contributed by atoms with E-state index in [-0.39, 0.29) is 23.7 Å². The molecule has 4 fully saturated rings. The molecule has 0 radical (unpaired) electrons. The van der Waals surface area contributed by atoms with Gasteiger partial charge < -0.3 is 9.31 Å². The Balaban J connectivity index is 1.26. The minimum atomic E-state index is -0.320.